The molecule has 0 unspecified atom stereocenters. The molecule has 6 heteroatoms. The van der Waals surface area contributed by atoms with Crippen LogP contribution in [0.3, 0.4) is 0 Å². The van der Waals surface area contributed by atoms with Gasteiger partial charge in [0.1, 0.15) is 5.75 Å². The minimum absolute atomic E-state index is 0.0304. The number of rotatable bonds is 5. The van der Waals surface area contributed by atoms with Crippen molar-refractivity contribution in [2.75, 3.05) is 19.0 Å². The highest BCUT2D eigenvalue weighted by Crippen LogP contribution is 2.17. The molecule has 0 bridgehead atoms. The zero-order chi connectivity index (χ0) is 14.4. The summed E-state index contributed by atoms with van der Waals surface area (Å²) in [6.45, 7) is -0.0304. The Morgan fingerprint density at radius 1 is 1.20 bits per heavy atom. The van der Waals surface area contributed by atoms with Gasteiger partial charge in [-0.3, -0.25) is 9.59 Å². The van der Waals surface area contributed by atoms with Gasteiger partial charge in [0.25, 0.3) is 11.8 Å². The third-order valence-corrected chi connectivity index (χ3v) is 3.37. The van der Waals surface area contributed by atoms with Crippen molar-refractivity contribution in [2.45, 2.75) is 0 Å². The lowest BCUT2D eigenvalue weighted by atomic mass is 10.3. The van der Waals surface area contributed by atoms with Crippen LogP contribution in [-0.4, -0.2) is 25.5 Å². The molecule has 2 amide bonds. The summed E-state index contributed by atoms with van der Waals surface area (Å²) in [6, 6.07) is 10.4. The van der Waals surface area contributed by atoms with Gasteiger partial charge in [0, 0.05) is 12.7 Å². The van der Waals surface area contributed by atoms with Crippen molar-refractivity contribution in [2.24, 2.45) is 0 Å². The fourth-order valence-corrected chi connectivity index (χ4v) is 2.07. The predicted octanol–water partition coefficient (Wildman–Crippen LogP) is 2.13. The van der Waals surface area contributed by atoms with E-state index in [1.807, 2.05) is 11.4 Å². The highest BCUT2D eigenvalue weighted by molar-refractivity contribution is 7.12. The van der Waals surface area contributed by atoms with Gasteiger partial charge in [-0.25, -0.2) is 0 Å². The van der Waals surface area contributed by atoms with E-state index in [-0.39, 0.29) is 18.4 Å². The molecule has 0 aliphatic heterocycles. The molecule has 2 N–H and O–H groups in total. The number of carbonyl (C=O) groups excluding carboxylic acids is 2. The summed E-state index contributed by atoms with van der Waals surface area (Å²) in [6.07, 6.45) is 0. The number of ether oxygens (including phenoxy) is 1. The van der Waals surface area contributed by atoms with Crippen molar-refractivity contribution in [3.05, 3.63) is 46.7 Å². The number of hydrogen-bond donors (Lipinski definition) is 2. The van der Waals surface area contributed by atoms with Crippen LogP contribution in [0, 0.1) is 0 Å². The van der Waals surface area contributed by atoms with Crippen molar-refractivity contribution in [1.82, 2.24) is 5.32 Å². The second kappa shape index (κ2) is 6.72. The molecule has 2 rings (SSSR count). The van der Waals surface area contributed by atoms with Gasteiger partial charge >= 0.3 is 0 Å². The topological polar surface area (TPSA) is 67.4 Å². The molecule has 1 heterocycles. The van der Waals surface area contributed by atoms with Crippen LogP contribution in [-0.2, 0) is 4.79 Å². The molecular formula is C14H14N2O3S. The van der Waals surface area contributed by atoms with Crippen LogP contribution in [0.1, 0.15) is 9.67 Å². The maximum Gasteiger partial charge on any atom is 0.265 e. The van der Waals surface area contributed by atoms with Crippen molar-refractivity contribution in [3.8, 4) is 5.75 Å². The number of nitrogens with one attached hydrogen (secondary N) is 2. The van der Waals surface area contributed by atoms with Crippen molar-refractivity contribution in [3.63, 3.8) is 0 Å². The van der Waals surface area contributed by atoms with Gasteiger partial charge in [-0.1, -0.05) is 6.07 Å². The maximum absolute atomic E-state index is 11.8. The largest absolute Gasteiger partial charge is 0.484 e. The van der Waals surface area contributed by atoms with Gasteiger partial charge in [-0.15, -0.1) is 11.3 Å². The summed E-state index contributed by atoms with van der Waals surface area (Å²) in [5.74, 6) is 0.238. The van der Waals surface area contributed by atoms with E-state index in [2.05, 4.69) is 10.6 Å². The summed E-state index contributed by atoms with van der Waals surface area (Å²) < 4.78 is 5.27. The first-order chi connectivity index (χ1) is 9.69. The molecule has 0 fully saturated rings. The Labute approximate surface area is 120 Å². The summed E-state index contributed by atoms with van der Waals surface area (Å²) in [5, 5.41) is 7.10. The lowest BCUT2D eigenvalue weighted by Gasteiger charge is -2.07. The molecule has 0 spiro atoms. The third kappa shape index (κ3) is 3.83. The molecule has 0 saturated carbocycles. The van der Waals surface area contributed by atoms with Crippen LogP contribution >= 0.6 is 11.3 Å². The Morgan fingerprint density at radius 3 is 2.55 bits per heavy atom. The van der Waals surface area contributed by atoms with Crippen LogP contribution in [0.5, 0.6) is 5.75 Å². The number of anilines is 1. The Kier molecular flexibility index (Phi) is 4.73. The van der Waals surface area contributed by atoms with Gasteiger partial charge in [0.2, 0.25) is 0 Å². The number of thiophene rings is 1. The molecule has 0 aliphatic rings. The van der Waals surface area contributed by atoms with E-state index in [1.54, 1.807) is 37.4 Å². The van der Waals surface area contributed by atoms with E-state index in [1.165, 1.54) is 11.3 Å². The molecule has 1 aromatic heterocycles. The molecule has 0 aliphatic carbocycles. The standard InChI is InChI=1S/C14H14N2O3S/c1-15-13(17)9-19-11-6-4-10(5-7-11)16-14(18)12-3-2-8-20-12/h2-8H,9H2,1H3,(H,15,17)(H,16,18). The monoisotopic (exact) mass is 290 g/mol. The maximum atomic E-state index is 11.8. The number of carbonyl (C=O) groups is 2. The third-order valence-electron chi connectivity index (χ3n) is 2.51. The van der Waals surface area contributed by atoms with Gasteiger partial charge < -0.3 is 15.4 Å². The molecular weight excluding hydrogens is 276 g/mol. The first kappa shape index (κ1) is 14.1. The van der Waals surface area contributed by atoms with Crippen molar-refractivity contribution < 1.29 is 14.3 Å². The average Bonchev–Trinajstić information content (AvgIpc) is 3.00. The molecule has 5 nitrogen and oxygen atoms in total. The fourth-order valence-electron chi connectivity index (χ4n) is 1.46. The quantitative estimate of drug-likeness (QED) is 0.886. The van der Waals surface area contributed by atoms with Crippen molar-refractivity contribution in [1.29, 1.82) is 0 Å². The normalized spacial score (nSPS) is 9.85. The summed E-state index contributed by atoms with van der Waals surface area (Å²) in [4.78, 5) is 23.5. The minimum Gasteiger partial charge on any atom is -0.484 e. The lowest BCUT2D eigenvalue weighted by molar-refractivity contribution is -0.122. The molecule has 0 saturated heterocycles. The summed E-state index contributed by atoms with van der Waals surface area (Å²) >= 11 is 1.39. The van der Waals surface area contributed by atoms with Crippen LogP contribution < -0.4 is 15.4 Å². The van der Waals surface area contributed by atoms with E-state index in [0.29, 0.717) is 16.3 Å². The summed E-state index contributed by atoms with van der Waals surface area (Å²) in [7, 11) is 1.55. The molecule has 104 valence electrons. The predicted molar refractivity (Wildman–Crippen MR) is 78.3 cm³/mol. The number of hydrogen-bond acceptors (Lipinski definition) is 4. The second-order valence-electron chi connectivity index (χ2n) is 3.92. The number of benzene rings is 1. The molecule has 1 aromatic carbocycles. The van der Waals surface area contributed by atoms with E-state index < -0.39 is 0 Å². The fraction of sp³-hybridized carbons (Fsp3) is 0.143. The Balaban J connectivity index is 1.91. The lowest BCUT2D eigenvalue weighted by Crippen LogP contribution is -2.24. The second-order valence-corrected chi connectivity index (χ2v) is 4.87. The first-order valence-corrected chi connectivity index (χ1v) is 6.85. The first-order valence-electron chi connectivity index (χ1n) is 5.97. The summed E-state index contributed by atoms with van der Waals surface area (Å²) in [5.41, 5.74) is 0.677. The Hall–Kier alpha value is -2.34. The Bertz CT molecular complexity index is 579. The molecule has 0 radical (unpaired) electrons. The minimum atomic E-state index is -0.194. The van der Waals surface area contributed by atoms with Gasteiger partial charge in [0.05, 0.1) is 4.88 Å². The Morgan fingerprint density at radius 2 is 1.95 bits per heavy atom. The zero-order valence-corrected chi connectivity index (χ0v) is 11.7. The van der Waals surface area contributed by atoms with E-state index in [9.17, 15) is 9.59 Å². The molecule has 2 aromatic rings. The van der Waals surface area contributed by atoms with Crippen LogP contribution in [0.2, 0.25) is 0 Å². The molecule has 0 atom stereocenters. The van der Waals surface area contributed by atoms with E-state index in [0.717, 1.165) is 0 Å². The zero-order valence-electron chi connectivity index (χ0n) is 10.9. The molecule has 20 heavy (non-hydrogen) atoms. The average molecular weight is 290 g/mol. The van der Waals surface area contributed by atoms with Gasteiger partial charge in [-0.2, -0.15) is 0 Å². The SMILES string of the molecule is CNC(=O)COc1ccc(NC(=O)c2cccs2)cc1. The van der Waals surface area contributed by atoms with Crippen molar-refractivity contribution >= 4 is 28.8 Å². The van der Waals surface area contributed by atoms with E-state index >= 15 is 0 Å². The van der Waals surface area contributed by atoms with Crippen LogP contribution in [0.4, 0.5) is 5.69 Å². The highest BCUT2D eigenvalue weighted by Gasteiger charge is 2.06. The van der Waals surface area contributed by atoms with Crippen LogP contribution in [0.15, 0.2) is 41.8 Å². The smallest absolute Gasteiger partial charge is 0.265 e. The van der Waals surface area contributed by atoms with Crippen LogP contribution in [0.25, 0.3) is 0 Å². The van der Waals surface area contributed by atoms with E-state index in [4.69, 9.17) is 4.74 Å². The number of amides is 2. The highest BCUT2D eigenvalue weighted by atomic mass is 32.1. The van der Waals surface area contributed by atoms with Gasteiger partial charge in [-0.05, 0) is 35.7 Å². The number of likely N-dealkylation sites (N-methyl/N-ethyl adjacent to an activating group) is 1. The van der Waals surface area contributed by atoms with Gasteiger partial charge in [0.15, 0.2) is 6.61 Å².